The normalized spacial score (nSPS) is 16.8. The van der Waals surface area contributed by atoms with Gasteiger partial charge in [-0.25, -0.2) is 0 Å². The van der Waals surface area contributed by atoms with Crippen molar-refractivity contribution in [2.75, 3.05) is 0 Å². The van der Waals surface area contributed by atoms with E-state index in [1.165, 1.54) is 0 Å². The lowest BCUT2D eigenvalue weighted by atomic mass is 10.2. The summed E-state index contributed by atoms with van der Waals surface area (Å²) in [7, 11) is 0. The van der Waals surface area contributed by atoms with Crippen LogP contribution >= 0.6 is 0 Å². The number of nitrogens with one attached hydrogen (secondary N) is 1. The van der Waals surface area contributed by atoms with Crippen molar-refractivity contribution in [2.24, 2.45) is 0 Å². The lowest BCUT2D eigenvalue weighted by molar-refractivity contribution is -0.132. The minimum Gasteiger partial charge on any atom is -0.364 e. The smallest absolute Gasteiger partial charge is 0.249 e. The van der Waals surface area contributed by atoms with Crippen LogP contribution in [0.3, 0.4) is 0 Å². The summed E-state index contributed by atoms with van der Waals surface area (Å²) in [6.45, 7) is 2.28. The van der Waals surface area contributed by atoms with Crippen LogP contribution in [0.25, 0.3) is 0 Å². The average molecular weight is 219 g/mol. The Balaban J connectivity index is 1.74. The predicted molar refractivity (Wildman–Crippen MR) is 61.9 cm³/mol. The van der Waals surface area contributed by atoms with Crippen LogP contribution in [0.1, 0.15) is 25.3 Å². The van der Waals surface area contributed by atoms with Crippen molar-refractivity contribution in [1.82, 2.24) is 5.32 Å². The van der Waals surface area contributed by atoms with Crippen LogP contribution in [0.4, 0.5) is 0 Å². The molecule has 1 fully saturated rings. The third-order valence-electron chi connectivity index (χ3n) is 2.64. The molecule has 1 aliphatic rings. The van der Waals surface area contributed by atoms with E-state index in [0.29, 0.717) is 12.6 Å². The fourth-order valence-electron chi connectivity index (χ4n) is 1.42. The monoisotopic (exact) mass is 219 g/mol. The van der Waals surface area contributed by atoms with E-state index in [1.54, 1.807) is 6.92 Å². The lowest BCUT2D eigenvalue weighted by Crippen LogP contribution is -2.35. The number of ether oxygens (including phenoxy) is 1. The SMILES string of the molecule is CC(OCc1ccccc1)C(=O)NC1CC1. The van der Waals surface area contributed by atoms with Gasteiger partial charge in [-0.1, -0.05) is 30.3 Å². The first-order chi connectivity index (χ1) is 7.75. The van der Waals surface area contributed by atoms with E-state index in [-0.39, 0.29) is 12.0 Å². The van der Waals surface area contributed by atoms with E-state index in [2.05, 4.69) is 5.32 Å². The summed E-state index contributed by atoms with van der Waals surface area (Å²) < 4.78 is 5.51. The fraction of sp³-hybridized carbons (Fsp3) is 0.462. The molecule has 1 atom stereocenters. The van der Waals surface area contributed by atoms with Crippen LogP contribution < -0.4 is 5.32 Å². The molecule has 1 amide bonds. The van der Waals surface area contributed by atoms with Gasteiger partial charge in [0.25, 0.3) is 0 Å². The molecule has 1 N–H and O–H groups in total. The van der Waals surface area contributed by atoms with Crippen molar-refractivity contribution >= 4 is 5.91 Å². The van der Waals surface area contributed by atoms with Crippen molar-refractivity contribution in [3.63, 3.8) is 0 Å². The summed E-state index contributed by atoms with van der Waals surface area (Å²) in [6, 6.07) is 10.3. The molecule has 0 bridgehead atoms. The number of carbonyl (C=O) groups is 1. The van der Waals surface area contributed by atoms with E-state index in [1.807, 2.05) is 30.3 Å². The van der Waals surface area contributed by atoms with Crippen molar-refractivity contribution < 1.29 is 9.53 Å². The van der Waals surface area contributed by atoms with E-state index in [4.69, 9.17) is 4.74 Å². The van der Waals surface area contributed by atoms with Gasteiger partial charge in [-0.3, -0.25) is 4.79 Å². The van der Waals surface area contributed by atoms with Gasteiger partial charge in [0.1, 0.15) is 6.10 Å². The van der Waals surface area contributed by atoms with Crippen molar-refractivity contribution in [3.8, 4) is 0 Å². The fourth-order valence-corrected chi connectivity index (χ4v) is 1.42. The summed E-state index contributed by atoms with van der Waals surface area (Å²) >= 11 is 0. The third-order valence-corrected chi connectivity index (χ3v) is 2.64. The Morgan fingerprint density at radius 1 is 1.44 bits per heavy atom. The molecule has 3 nitrogen and oxygen atoms in total. The Kier molecular flexibility index (Phi) is 3.57. The number of benzene rings is 1. The van der Waals surface area contributed by atoms with Gasteiger partial charge in [0.05, 0.1) is 6.61 Å². The highest BCUT2D eigenvalue weighted by Crippen LogP contribution is 2.18. The summed E-state index contributed by atoms with van der Waals surface area (Å²) in [5, 5.41) is 2.93. The van der Waals surface area contributed by atoms with Crippen LogP contribution in [0, 0.1) is 0 Å². The zero-order chi connectivity index (χ0) is 11.4. The molecule has 0 saturated heterocycles. The van der Waals surface area contributed by atoms with Gasteiger partial charge in [-0.05, 0) is 25.3 Å². The molecule has 1 aromatic rings. The predicted octanol–water partition coefficient (Wildman–Crippen LogP) is 1.87. The van der Waals surface area contributed by atoms with Gasteiger partial charge in [-0.2, -0.15) is 0 Å². The Morgan fingerprint density at radius 3 is 2.75 bits per heavy atom. The number of hydrogen-bond acceptors (Lipinski definition) is 2. The highest BCUT2D eigenvalue weighted by atomic mass is 16.5. The van der Waals surface area contributed by atoms with Gasteiger partial charge < -0.3 is 10.1 Å². The Morgan fingerprint density at radius 2 is 2.12 bits per heavy atom. The van der Waals surface area contributed by atoms with Crippen molar-refractivity contribution in [2.45, 2.75) is 38.5 Å². The highest BCUT2D eigenvalue weighted by molar-refractivity contribution is 5.80. The standard InChI is InChI=1S/C13H17NO2/c1-10(13(15)14-12-7-8-12)16-9-11-5-3-2-4-6-11/h2-6,10,12H,7-9H2,1H3,(H,14,15). The molecule has 0 spiro atoms. The number of carbonyl (C=O) groups excluding carboxylic acids is 1. The van der Waals surface area contributed by atoms with Gasteiger partial charge in [0.2, 0.25) is 5.91 Å². The molecular formula is C13H17NO2. The van der Waals surface area contributed by atoms with Crippen molar-refractivity contribution in [1.29, 1.82) is 0 Å². The summed E-state index contributed by atoms with van der Waals surface area (Å²) in [5.74, 6) is -0.00145. The van der Waals surface area contributed by atoms with Gasteiger partial charge in [-0.15, -0.1) is 0 Å². The summed E-state index contributed by atoms with van der Waals surface area (Å²) in [5.41, 5.74) is 1.09. The second kappa shape index (κ2) is 5.12. The quantitative estimate of drug-likeness (QED) is 0.821. The van der Waals surface area contributed by atoms with Gasteiger partial charge in [0, 0.05) is 6.04 Å². The minimum atomic E-state index is -0.374. The highest BCUT2D eigenvalue weighted by Gasteiger charge is 2.25. The Labute approximate surface area is 95.8 Å². The first-order valence-electron chi connectivity index (χ1n) is 5.71. The largest absolute Gasteiger partial charge is 0.364 e. The maximum atomic E-state index is 11.6. The molecule has 3 heteroatoms. The minimum absolute atomic E-state index is 0.00145. The molecule has 16 heavy (non-hydrogen) atoms. The maximum Gasteiger partial charge on any atom is 0.249 e. The van der Waals surface area contributed by atoms with Gasteiger partial charge >= 0.3 is 0 Å². The molecule has 0 radical (unpaired) electrons. The number of hydrogen-bond donors (Lipinski definition) is 1. The second-order valence-corrected chi connectivity index (χ2v) is 4.22. The number of rotatable bonds is 5. The molecular weight excluding hydrogens is 202 g/mol. The molecule has 0 aliphatic heterocycles. The molecule has 86 valence electrons. The first kappa shape index (κ1) is 11.1. The van der Waals surface area contributed by atoms with Crippen LogP contribution in [0.2, 0.25) is 0 Å². The molecule has 1 aliphatic carbocycles. The maximum absolute atomic E-state index is 11.6. The lowest BCUT2D eigenvalue weighted by Gasteiger charge is -2.12. The third kappa shape index (κ3) is 3.35. The molecule has 1 saturated carbocycles. The summed E-state index contributed by atoms with van der Waals surface area (Å²) in [6.07, 6.45) is 1.84. The summed E-state index contributed by atoms with van der Waals surface area (Å²) in [4.78, 5) is 11.6. The molecule has 0 aromatic heterocycles. The second-order valence-electron chi connectivity index (χ2n) is 4.22. The van der Waals surface area contributed by atoms with Crippen molar-refractivity contribution in [3.05, 3.63) is 35.9 Å². The van der Waals surface area contributed by atoms with Crippen LogP contribution in [0.15, 0.2) is 30.3 Å². The van der Waals surface area contributed by atoms with E-state index in [9.17, 15) is 4.79 Å². The molecule has 1 unspecified atom stereocenters. The van der Waals surface area contributed by atoms with E-state index < -0.39 is 0 Å². The topological polar surface area (TPSA) is 38.3 Å². The number of amides is 1. The Hall–Kier alpha value is -1.35. The zero-order valence-corrected chi connectivity index (χ0v) is 9.48. The van der Waals surface area contributed by atoms with Crippen LogP contribution in [-0.4, -0.2) is 18.1 Å². The van der Waals surface area contributed by atoms with E-state index >= 15 is 0 Å². The van der Waals surface area contributed by atoms with Gasteiger partial charge in [0.15, 0.2) is 0 Å². The molecule has 0 heterocycles. The Bertz CT molecular complexity index is 346. The zero-order valence-electron chi connectivity index (χ0n) is 9.48. The average Bonchev–Trinajstić information content (AvgIpc) is 3.11. The van der Waals surface area contributed by atoms with Crippen LogP contribution in [-0.2, 0) is 16.1 Å². The molecule has 2 rings (SSSR count). The van der Waals surface area contributed by atoms with Crippen LogP contribution in [0.5, 0.6) is 0 Å². The van der Waals surface area contributed by atoms with E-state index in [0.717, 1.165) is 18.4 Å². The first-order valence-corrected chi connectivity index (χ1v) is 5.71. The molecule has 1 aromatic carbocycles.